The zero-order chi connectivity index (χ0) is 16.2. The number of fused-ring (bicyclic) bond motifs is 1. The highest BCUT2D eigenvalue weighted by Crippen LogP contribution is 2.27. The SMILES string of the molecule is CCCCN(CCC(=O)N1CCc2ccccc21)S(C)(=O)=O. The van der Waals surface area contributed by atoms with Gasteiger partial charge in [0.05, 0.1) is 6.26 Å². The number of benzene rings is 1. The van der Waals surface area contributed by atoms with E-state index in [4.69, 9.17) is 0 Å². The summed E-state index contributed by atoms with van der Waals surface area (Å²) in [5, 5.41) is 0. The molecule has 2 rings (SSSR count). The smallest absolute Gasteiger partial charge is 0.228 e. The normalized spacial score (nSPS) is 14.4. The van der Waals surface area contributed by atoms with Crippen molar-refractivity contribution >= 4 is 21.6 Å². The second-order valence-electron chi connectivity index (χ2n) is 5.69. The van der Waals surface area contributed by atoms with E-state index in [0.717, 1.165) is 24.9 Å². The highest BCUT2D eigenvalue weighted by Gasteiger charge is 2.25. The Labute approximate surface area is 133 Å². The summed E-state index contributed by atoms with van der Waals surface area (Å²) in [5.74, 6) is -0.00454. The van der Waals surface area contributed by atoms with Gasteiger partial charge < -0.3 is 4.90 Å². The molecule has 1 aliphatic heterocycles. The van der Waals surface area contributed by atoms with Gasteiger partial charge in [0.2, 0.25) is 15.9 Å². The number of para-hydroxylation sites is 1. The highest BCUT2D eigenvalue weighted by molar-refractivity contribution is 7.88. The second-order valence-corrected chi connectivity index (χ2v) is 7.67. The van der Waals surface area contributed by atoms with Gasteiger partial charge >= 0.3 is 0 Å². The number of carbonyl (C=O) groups excluding carboxylic acids is 1. The van der Waals surface area contributed by atoms with Crippen LogP contribution in [-0.2, 0) is 21.2 Å². The van der Waals surface area contributed by atoms with E-state index in [1.807, 2.05) is 31.2 Å². The van der Waals surface area contributed by atoms with Crippen LogP contribution in [0.1, 0.15) is 31.7 Å². The number of amides is 1. The largest absolute Gasteiger partial charge is 0.312 e. The quantitative estimate of drug-likeness (QED) is 0.771. The molecular formula is C16H24N2O3S. The van der Waals surface area contributed by atoms with E-state index < -0.39 is 10.0 Å². The van der Waals surface area contributed by atoms with Crippen LogP contribution >= 0.6 is 0 Å². The Balaban J connectivity index is 1.97. The molecule has 0 saturated carbocycles. The summed E-state index contributed by atoms with van der Waals surface area (Å²) in [6.45, 7) is 3.45. The first-order valence-electron chi connectivity index (χ1n) is 7.77. The van der Waals surface area contributed by atoms with E-state index in [1.54, 1.807) is 4.90 Å². The molecule has 6 heteroatoms. The monoisotopic (exact) mass is 324 g/mol. The third-order valence-electron chi connectivity index (χ3n) is 3.99. The molecule has 0 N–H and O–H groups in total. The number of nitrogens with zero attached hydrogens (tertiary/aromatic N) is 2. The number of hydrogen-bond acceptors (Lipinski definition) is 3. The zero-order valence-corrected chi connectivity index (χ0v) is 14.1. The zero-order valence-electron chi connectivity index (χ0n) is 13.3. The number of carbonyl (C=O) groups is 1. The minimum absolute atomic E-state index is 0.00454. The average molecular weight is 324 g/mol. The van der Waals surface area contributed by atoms with Crippen molar-refractivity contribution < 1.29 is 13.2 Å². The fraction of sp³-hybridized carbons (Fsp3) is 0.562. The molecule has 0 aromatic heterocycles. The van der Waals surface area contributed by atoms with Crippen molar-refractivity contribution in [3.05, 3.63) is 29.8 Å². The van der Waals surface area contributed by atoms with Crippen LogP contribution < -0.4 is 4.90 Å². The van der Waals surface area contributed by atoms with Crippen LogP contribution in [0.3, 0.4) is 0 Å². The summed E-state index contributed by atoms with van der Waals surface area (Å²) in [4.78, 5) is 14.2. The Bertz CT molecular complexity index is 628. The Kier molecular flexibility index (Phi) is 5.58. The third kappa shape index (κ3) is 4.08. The molecular weight excluding hydrogens is 300 g/mol. The van der Waals surface area contributed by atoms with Crippen molar-refractivity contribution in [3.63, 3.8) is 0 Å². The molecule has 1 aromatic carbocycles. The van der Waals surface area contributed by atoms with Crippen LogP contribution in [0, 0.1) is 0 Å². The van der Waals surface area contributed by atoms with Gasteiger partial charge in [0.25, 0.3) is 0 Å². The maximum Gasteiger partial charge on any atom is 0.228 e. The van der Waals surface area contributed by atoms with E-state index in [2.05, 4.69) is 0 Å². The Hall–Kier alpha value is -1.40. The summed E-state index contributed by atoms with van der Waals surface area (Å²) >= 11 is 0. The van der Waals surface area contributed by atoms with Crippen molar-refractivity contribution in [1.29, 1.82) is 0 Å². The molecule has 1 aliphatic rings. The van der Waals surface area contributed by atoms with Crippen LogP contribution in [0.2, 0.25) is 0 Å². The lowest BCUT2D eigenvalue weighted by Gasteiger charge is -2.22. The molecule has 0 unspecified atom stereocenters. The number of rotatable bonds is 7. The Morgan fingerprint density at radius 1 is 1.27 bits per heavy atom. The van der Waals surface area contributed by atoms with Crippen LogP contribution in [-0.4, -0.2) is 44.5 Å². The van der Waals surface area contributed by atoms with Gasteiger partial charge in [-0.25, -0.2) is 12.7 Å². The van der Waals surface area contributed by atoms with Gasteiger partial charge in [0, 0.05) is 31.7 Å². The lowest BCUT2D eigenvalue weighted by atomic mass is 10.2. The van der Waals surface area contributed by atoms with Gasteiger partial charge in [-0.1, -0.05) is 31.5 Å². The van der Waals surface area contributed by atoms with Crippen molar-refractivity contribution in [2.45, 2.75) is 32.6 Å². The summed E-state index contributed by atoms with van der Waals surface area (Å²) in [7, 11) is -3.25. The van der Waals surface area contributed by atoms with E-state index >= 15 is 0 Å². The molecule has 0 fully saturated rings. The van der Waals surface area contributed by atoms with Crippen LogP contribution in [0.25, 0.3) is 0 Å². The molecule has 0 saturated heterocycles. The summed E-state index contributed by atoms with van der Waals surface area (Å²) in [6.07, 6.45) is 4.05. The van der Waals surface area contributed by atoms with Crippen molar-refractivity contribution in [1.82, 2.24) is 4.31 Å². The van der Waals surface area contributed by atoms with E-state index in [9.17, 15) is 13.2 Å². The van der Waals surface area contributed by atoms with Gasteiger partial charge in [-0.05, 0) is 24.5 Å². The Morgan fingerprint density at radius 2 is 2.00 bits per heavy atom. The van der Waals surface area contributed by atoms with Crippen LogP contribution in [0.15, 0.2) is 24.3 Å². The van der Waals surface area contributed by atoms with Gasteiger partial charge in [-0.2, -0.15) is 0 Å². The number of sulfonamides is 1. The standard InChI is InChI=1S/C16H24N2O3S/c1-3-4-11-17(22(2,20)21)12-10-16(19)18-13-9-14-7-5-6-8-15(14)18/h5-8H,3-4,9-13H2,1-2H3. The first-order valence-corrected chi connectivity index (χ1v) is 9.61. The van der Waals surface area contributed by atoms with Gasteiger partial charge in [-0.15, -0.1) is 0 Å². The van der Waals surface area contributed by atoms with Gasteiger partial charge in [0.15, 0.2) is 0 Å². The van der Waals surface area contributed by atoms with Crippen LogP contribution in [0.5, 0.6) is 0 Å². The lowest BCUT2D eigenvalue weighted by molar-refractivity contribution is -0.118. The predicted octanol–water partition coefficient (Wildman–Crippen LogP) is 2.03. The second kappa shape index (κ2) is 7.24. The Morgan fingerprint density at radius 3 is 2.68 bits per heavy atom. The summed E-state index contributed by atoms with van der Waals surface area (Å²) in [5.41, 5.74) is 2.15. The summed E-state index contributed by atoms with van der Waals surface area (Å²) < 4.78 is 25.0. The molecule has 1 heterocycles. The number of anilines is 1. The van der Waals surface area contributed by atoms with E-state index in [0.29, 0.717) is 13.1 Å². The van der Waals surface area contributed by atoms with Crippen molar-refractivity contribution in [2.24, 2.45) is 0 Å². The maximum atomic E-state index is 12.4. The van der Waals surface area contributed by atoms with Gasteiger partial charge in [-0.3, -0.25) is 4.79 Å². The van der Waals surface area contributed by atoms with Crippen LogP contribution in [0.4, 0.5) is 5.69 Å². The molecule has 122 valence electrons. The van der Waals surface area contributed by atoms with Crippen molar-refractivity contribution in [3.8, 4) is 0 Å². The molecule has 22 heavy (non-hydrogen) atoms. The molecule has 1 amide bonds. The minimum Gasteiger partial charge on any atom is -0.312 e. The highest BCUT2D eigenvalue weighted by atomic mass is 32.2. The van der Waals surface area contributed by atoms with Gasteiger partial charge in [0.1, 0.15) is 0 Å². The first-order chi connectivity index (χ1) is 10.4. The lowest BCUT2D eigenvalue weighted by Crippen LogP contribution is -2.36. The van der Waals surface area contributed by atoms with E-state index in [-0.39, 0.29) is 18.9 Å². The number of hydrogen-bond donors (Lipinski definition) is 0. The third-order valence-corrected chi connectivity index (χ3v) is 5.30. The molecule has 0 spiro atoms. The average Bonchev–Trinajstić information content (AvgIpc) is 2.89. The molecule has 0 radical (unpaired) electrons. The molecule has 0 aliphatic carbocycles. The molecule has 5 nitrogen and oxygen atoms in total. The van der Waals surface area contributed by atoms with E-state index in [1.165, 1.54) is 16.1 Å². The topological polar surface area (TPSA) is 57.7 Å². The van der Waals surface area contributed by atoms with Crippen molar-refractivity contribution in [2.75, 3.05) is 30.8 Å². The fourth-order valence-corrected chi connectivity index (χ4v) is 3.61. The minimum atomic E-state index is -3.25. The molecule has 1 aromatic rings. The number of unbranched alkanes of at least 4 members (excludes halogenated alkanes) is 1. The summed E-state index contributed by atoms with van der Waals surface area (Å²) in [6, 6.07) is 7.88. The first kappa shape index (κ1) is 17.0. The maximum absolute atomic E-state index is 12.4. The predicted molar refractivity (Wildman–Crippen MR) is 88.4 cm³/mol. The molecule has 0 bridgehead atoms. The fourth-order valence-electron chi connectivity index (χ4n) is 2.73. The molecule has 0 atom stereocenters.